The van der Waals surface area contributed by atoms with Crippen molar-refractivity contribution in [1.29, 1.82) is 0 Å². The molecule has 1 saturated heterocycles. The first-order chi connectivity index (χ1) is 15.5. The molecule has 0 saturated carbocycles. The van der Waals surface area contributed by atoms with Gasteiger partial charge in [0.25, 0.3) is 5.91 Å². The SMILES string of the molecule is COC(=O)C1=C(C)NC(C)=C(C(=O)N2CCC[C@H]2C(=O)OC(C)(C)C)C1c1ccccc1Cl. The Bertz CT molecular complexity index is 1040. The number of allylic oxidation sites excluding steroid dienone is 2. The predicted octanol–water partition coefficient (Wildman–Crippen LogP) is 4.08. The van der Waals surface area contributed by atoms with Crippen LogP contribution in [-0.4, -0.2) is 48.0 Å². The number of carbonyl (C=O) groups is 3. The van der Waals surface area contributed by atoms with Gasteiger partial charge in [0.15, 0.2) is 0 Å². The zero-order chi connectivity index (χ0) is 24.5. The zero-order valence-electron chi connectivity index (χ0n) is 20.0. The molecule has 1 unspecified atom stereocenters. The van der Waals surface area contributed by atoms with E-state index in [4.69, 9.17) is 21.1 Å². The van der Waals surface area contributed by atoms with E-state index in [1.165, 1.54) is 7.11 Å². The first-order valence-electron chi connectivity index (χ1n) is 11.0. The highest BCUT2D eigenvalue weighted by Crippen LogP contribution is 2.42. The van der Waals surface area contributed by atoms with Gasteiger partial charge in [0.1, 0.15) is 11.6 Å². The molecular weight excluding hydrogens is 444 g/mol. The van der Waals surface area contributed by atoms with E-state index in [0.29, 0.717) is 52.5 Å². The van der Waals surface area contributed by atoms with Crippen molar-refractivity contribution in [2.45, 2.75) is 65.0 Å². The van der Waals surface area contributed by atoms with Crippen LogP contribution in [0.1, 0.15) is 58.9 Å². The van der Waals surface area contributed by atoms with Crippen molar-refractivity contribution in [2.24, 2.45) is 0 Å². The first kappa shape index (κ1) is 24.8. The van der Waals surface area contributed by atoms with Crippen LogP contribution >= 0.6 is 11.6 Å². The third-order valence-corrected chi connectivity index (χ3v) is 6.15. The number of hydrogen-bond donors (Lipinski definition) is 1. The quantitative estimate of drug-likeness (QED) is 0.662. The monoisotopic (exact) mass is 474 g/mol. The molecule has 1 N–H and O–H groups in total. The molecule has 0 aliphatic carbocycles. The highest BCUT2D eigenvalue weighted by atomic mass is 35.5. The predicted molar refractivity (Wildman–Crippen MR) is 125 cm³/mol. The Balaban J connectivity index is 2.08. The summed E-state index contributed by atoms with van der Waals surface area (Å²) in [6.07, 6.45) is 1.21. The molecule has 33 heavy (non-hydrogen) atoms. The Morgan fingerprint density at radius 2 is 1.73 bits per heavy atom. The maximum atomic E-state index is 14.0. The fourth-order valence-corrected chi connectivity index (χ4v) is 4.70. The van der Waals surface area contributed by atoms with Crippen LogP contribution < -0.4 is 5.32 Å². The molecule has 0 aromatic heterocycles. The minimum Gasteiger partial charge on any atom is -0.466 e. The van der Waals surface area contributed by atoms with E-state index in [1.807, 2.05) is 6.07 Å². The number of nitrogens with one attached hydrogen (secondary N) is 1. The summed E-state index contributed by atoms with van der Waals surface area (Å²) in [5.41, 5.74) is 1.83. The van der Waals surface area contributed by atoms with Crippen molar-refractivity contribution in [2.75, 3.05) is 13.7 Å². The molecule has 7 nitrogen and oxygen atoms in total. The van der Waals surface area contributed by atoms with Crippen LogP contribution in [0, 0.1) is 0 Å². The Morgan fingerprint density at radius 1 is 1.09 bits per heavy atom. The largest absolute Gasteiger partial charge is 0.466 e. The second-order valence-electron chi connectivity index (χ2n) is 9.34. The molecule has 3 rings (SSSR count). The van der Waals surface area contributed by atoms with Crippen LogP contribution in [-0.2, 0) is 23.9 Å². The van der Waals surface area contributed by atoms with Crippen molar-refractivity contribution in [3.8, 4) is 0 Å². The maximum absolute atomic E-state index is 14.0. The van der Waals surface area contributed by atoms with Gasteiger partial charge < -0.3 is 19.7 Å². The van der Waals surface area contributed by atoms with Gasteiger partial charge in [0.05, 0.1) is 18.6 Å². The Hall–Kier alpha value is -2.80. The Morgan fingerprint density at radius 3 is 2.33 bits per heavy atom. The van der Waals surface area contributed by atoms with Crippen molar-refractivity contribution < 1.29 is 23.9 Å². The Labute approximate surface area is 199 Å². The molecule has 178 valence electrons. The Kier molecular flexibility index (Phi) is 7.22. The second kappa shape index (κ2) is 9.59. The minimum absolute atomic E-state index is 0.313. The second-order valence-corrected chi connectivity index (χ2v) is 9.75. The van der Waals surface area contributed by atoms with Crippen LogP contribution in [0.4, 0.5) is 0 Å². The molecule has 2 aliphatic rings. The summed E-state index contributed by atoms with van der Waals surface area (Å²) in [6, 6.07) is 6.44. The molecule has 0 radical (unpaired) electrons. The van der Waals surface area contributed by atoms with Crippen LogP contribution in [0.2, 0.25) is 5.02 Å². The first-order valence-corrected chi connectivity index (χ1v) is 11.4. The van der Waals surface area contributed by atoms with Crippen LogP contribution in [0.5, 0.6) is 0 Å². The lowest BCUT2D eigenvalue weighted by atomic mass is 9.79. The van der Waals surface area contributed by atoms with E-state index in [-0.39, 0.29) is 5.91 Å². The molecule has 1 aromatic carbocycles. The summed E-state index contributed by atoms with van der Waals surface area (Å²) in [7, 11) is 1.30. The lowest BCUT2D eigenvalue weighted by Gasteiger charge is -2.34. The zero-order valence-corrected chi connectivity index (χ0v) is 20.7. The summed E-state index contributed by atoms with van der Waals surface area (Å²) in [4.78, 5) is 41.2. The number of dihydropyridines is 1. The number of hydrogen-bond acceptors (Lipinski definition) is 6. The van der Waals surface area contributed by atoms with Crippen LogP contribution in [0.15, 0.2) is 46.8 Å². The van der Waals surface area contributed by atoms with Gasteiger partial charge in [-0.1, -0.05) is 29.8 Å². The highest BCUT2D eigenvalue weighted by molar-refractivity contribution is 6.31. The van der Waals surface area contributed by atoms with E-state index in [9.17, 15) is 14.4 Å². The molecule has 2 atom stereocenters. The third kappa shape index (κ3) is 5.08. The van der Waals surface area contributed by atoms with Crippen LogP contribution in [0.3, 0.4) is 0 Å². The van der Waals surface area contributed by atoms with E-state index in [0.717, 1.165) is 0 Å². The van der Waals surface area contributed by atoms with Gasteiger partial charge >= 0.3 is 11.9 Å². The fraction of sp³-hybridized carbons (Fsp3) is 0.480. The van der Waals surface area contributed by atoms with Crippen molar-refractivity contribution >= 4 is 29.4 Å². The molecule has 1 amide bonds. The van der Waals surface area contributed by atoms with E-state index < -0.39 is 29.5 Å². The fourth-order valence-electron chi connectivity index (χ4n) is 4.46. The van der Waals surface area contributed by atoms with Gasteiger partial charge in [-0.05, 0) is 59.1 Å². The summed E-state index contributed by atoms with van der Waals surface area (Å²) in [5, 5.41) is 3.58. The summed E-state index contributed by atoms with van der Waals surface area (Å²) in [6.45, 7) is 9.37. The number of carbonyl (C=O) groups excluding carboxylic acids is 3. The van der Waals surface area contributed by atoms with E-state index in [2.05, 4.69) is 5.32 Å². The molecule has 2 heterocycles. The lowest BCUT2D eigenvalue weighted by Crippen LogP contribution is -2.46. The number of benzene rings is 1. The smallest absolute Gasteiger partial charge is 0.336 e. The number of halogens is 1. The molecule has 2 aliphatic heterocycles. The third-order valence-electron chi connectivity index (χ3n) is 5.80. The number of nitrogens with zero attached hydrogens (tertiary/aromatic N) is 1. The van der Waals surface area contributed by atoms with E-state index in [1.54, 1.807) is 57.7 Å². The molecular formula is C25H31ClN2O5. The van der Waals surface area contributed by atoms with Gasteiger partial charge in [-0.2, -0.15) is 0 Å². The summed E-state index contributed by atoms with van der Waals surface area (Å²) >= 11 is 6.53. The average Bonchev–Trinajstić information content (AvgIpc) is 3.22. The van der Waals surface area contributed by atoms with Gasteiger partial charge in [0, 0.05) is 28.5 Å². The van der Waals surface area contributed by atoms with E-state index >= 15 is 0 Å². The maximum Gasteiger partial charge on any atom is 0.336 e. The van der Waals surface area contributed by atoms with Crippen molar-refractivity contribution in [3.63, 3.8) is 0 Å². The summed E-state index contributed by atoms with van der Waals surface area (Å²) in [5.74, 6) is -2.04. The highest BCUT2D eigenvalue weighted by Gasteiger charge is 2.43. The van der Waals surface area contributed by atoms with Crippen LogP contribution in [0.25, 0.3) is 0 Å². The van der Waals surface area contributed by atoms with Crippen molar-refractivity contribution in [3.05, 3.63) is 57.4 Å². The molecule has 0 spiro atoms. The molecule has 8 heteroatoms. The lowest BCUT2D eigenvalue weighted by molar-refractivity contribution is -0.162. The number of methoxy groups -OCH3 is 1. The number of amides is 1. The number of ether oxygens (including phenoxy) is 2. The molecule has 1 aromatic rings. The standard InChI is InChI=1S/C25H31ClN2O5/c1-14-19(22(29)28-13-9-12-18(28)23(30)33-25(3,4)5)21(16-10-7-8-11-17(16)26)20(15(2)27-14)24(31)32-6/h7-8,10-11,18,21,27H,9,12-13H2,1-6H3/t18-,21?/m0/s1. The van der Waals surface area contributed by atoms with Gasteiger partial charge in [-0.15, -0.1) is 0 Å². The minimum atomic E-state index is -0.736. The number of likely N-dealkylation sites (tertiary alicyclic amines) is 1. The topological polar surface area (TPSA) is 84.9 Å². The van der Waals surface area contributed by atoms with Crippen molar-refractivity contribution in [1.82, 2.24) is 10.2 Å². The average molecular weight is 475 g/mol. The van der Waals surface area contributed by atoms with Gasteiger partial charge in [0.2, 0.25) is 0 Å². The molecule has 0 bridgehead atoms. The normalized spacial score (nSPS) is 21.1. The summed E-state index contributed by atoms with van der Waals surface area (Å²) < 4.78 is 10.6. The molecule has 1 fully saturated rings. The number of rotatable bonds is 4. The van der Waals surface area contributed by atoms with Gasteiger partial charge in [-0.25, -0.2) is 9.59 Å². The van der Waals surface area contributed by atoms with Gasteiger partial charge in [-0.3, -0.25) is 4.79 Å². The number of esters is 2.